The Labute approximate surface area is 145 Å². The molecule has 2 aliphatic heterocycles. The molecule has 0 aliphatic carbocycles. The van der Waals surface area contributed by atoms with Gasteiger partial charge in [0.1, 0.15) is 6.10 Å². The molecular formula is C16H21ClN2O3S. The summed E-state index contributed by atoms with van der Waals surface area (Å²) in [5.41, 5.74) is 0. The lowest BCUT2D eigenvalue weighted by Crippen LogP contribution is -2.42. The zero-order chi connectivity index (χ0) is 16.2. The summed E-state index contributed by atoms with van der Waals surface area (Å²) in [7, 11) is 0. The van der Waals surface area contributed by atoms with Crippen molar-refractivity contribution in [3.63, 3.8) is 0 Å². The highest BCUT2D eigenvalue weighted by molar-refractivity contribution is 7.16. The number of carbonyl (C=O) groups excluding carboxylic acids is 2. The molecular weight excluding hydrogens is 336 g/mol. The maximum Gasteiger partial charge on any atom is 0.251 e. The van der Waals surface area contributed by atoms with Gasteiger partial charge in [-0.05, 0) is 31.4 Å². The van der Waals surface area contributed by atoms with E-state index >= 15 is 0 Å². The van der Waals surface area contributed by atoms with E-state index < -0.39 is 0 Å². The largest absolute Gasteiger partial charge is 0.368 e. The van der Waals surface area contributed by atoms with Gasteiger partial charge in [-0.2, -0.15) is 0 Å². The molecule has 0 spiro atoms. The summed E-state index contributed by atoms with van der Waals surface area (Å²) in [6.07, 6.45) is 2.70. The van der Waals surface area contributed by atoms with Crippen molar-refractivity contribution in [1.82, 2.24) is 9.80 Å². The second-order valence-corrected chi connectivity index (χ2v) is 7.74. The van der Waals surface area contributed by atoms with Crippen molar-refractivity contribution < 1.29 is 14.3 Å². The van der Waals surface area contributed by atoms with E-state index in [4.69, 9.17) is 16.3 Å². The van der Waals surface area contributed by atoms with Gasteiger partial charge in [-0.1, -0.05) is 11.6 Å². The molecule has 3 heterocycles. The summed E-state index contributed by atoms with van der Waals surface area (Å²) in [6.45, 7) is 3.27. The maximum atomic E-state index is 12.4. The Kier molecular flexibility index (Phi) is 5.56. The second-order valence-electron chi connectivity index (χ2n) is 5.94. The van der Waals surface area contributed by atoms with Crippen molar-refractivity contribution in [2.24, 2.45) is 0 Å². The summed E-state index contributed by atoms with van der Waals surface area (Å²) in [4.78, 5) is 29.5. The first-order valence-electron chi connectivity index (χ1n) is 8.06. The smallest absolute Gasteiger partial charge is 0.251 e. The normalized spacial score (nSPS) is 22.2. The molecule has 3 rings (SSSR count). The number of carbonyl (C=O) groups is 2. The minimum Gasteiger partial charge on any atom is -0.368 e. The zero-order valence-corrected chi connectivity index (χ0v) is 14.6. The zero-order valence-electron chi connectivity index (χ0n) is 13.0. The van der Waals surface area contributed by atoms with Gasteiger partial charge in [0.25, 0.3) is 5.91 Å². The Hall–Kier alpha value is -1.11. The molecule has 2 aliphatic rings. The Balaban J connectivity index is 1.53. The Bertz CT molecular complexity index is 571. The molecule has 2 amide bonds. The van der Waals surface area contributed by atoms with Crippen LogP contribution in [0.4, 0.5) is 0 Å². The van der Waals surface area contributed by atoms with Crippen molar-refractivity contribution >= 4 is 34.8 Å². The molecule has 1 atom stereocenters. The van der Waals surface area contributed by atoms with Gasteiger partial charge in [-0.3, -0.25) is 9.59 Å². The average molecular weight is 357 g/mol. The summed E-state index contributed by atoms with van der Waals surface area (Å²) in [5.74, 6) is 0.191. The van der Waals surface area contributed by atoms with Gasteiger partial charge in [-0.25, -0.2) is 0 Å². The van der Waals surface area contributed by atoms with Crippen LogP contribution in [-0.2, 0) is 20.7 Å². The fourth-order valence-corrected chi connectivity index (χ4v) is 4.15. The summed E-state index contributed by atoms with van der Waals surface area (Å²) >= 11 is 7.35. The van der Waals surface area contributed by atoms with Crippen molar-refractivity contribution in [2.75, 3.05) is 32.8 Å². The fraction of sp³-hybridized carbons (Fsp3) is 0.625. The molecule has 7 heteroatoms. The van der Waals surface area contributed by atoms with Gasteiger partial charge in [0.15, 0.2) is 0 Å². The minimum atomic E-state index is -0.273. The highest BCUT2D eigenvalue weighted by Crippen LogP contribution is 2.22. The standard InChI is InChI=1S/C16H21ClN2O3S/c17-14-5-4-12(23-14)11-15(20)18-6-2-7-19(9-8-18)16(21)13-3-1-10-22-13/h4-5,13H,1-3,6-11H2. The van der Waals surface area contributed by atoms with E-state index in [-0.39, 0.29) is 17.9 Å². The highest BCUT2D eigenvalue weighted by Gasteiger charge is 2.30. The summed E-state index contributed by atoms with van der Waals surface area (Å²) < 4.78 is 6.19. The van der Waals surface area contributed by atoms with Crippen molar-refractivity contribution in [2.45, 2.75) is 31.8 Å². The Morgan fingerprint density at radius 1 is 1.17 bits per heavy atom. The van der Waals surface area contributed by atoms with Gasteiger partial charge < -0.3 is 14.5 Å². The number of thiophene rings is 1. The third kappa shape index (κ3) is 4.25. The first-order valence-corrected chi connectivity index (χ1v) is 9.25. The SMILES string of the molecule is O=C(Cc1ccc(Cl)s1)N1CCCN(C(=O)C2CCCO2)CC1. The molecule has 0 aromatic carbocycles. The first kappa shape index (κ1) is 16.7. The monoisotopic (exact) mass is 356 g/mol. The van der Waals surface area contributed by atoms with Gasteiger partial charge in [0.2, 0.25) is 5.91 Å². The molecule has 1 unspecified atom stereocenters. The topological polar surface area (TPSA) is 49.9 Å². The van der Waals surface area contributed by atoms with Crippen LogP contribution < -0.4 is 0 Å². The minimum absolute atomic E-state index is 0.0850. The number of hydrogen-bond acceptors (Lipinski definition) is 4. The van der Waals surface area contributed by atoms with Crippen LogP contribution in [0.5, 0.6) is 0 Å². The average Bonchev–Trinajstić information content (AvgIpc) is 3.13. The molecule has 126 valence electrons. The lowest BCUT2D eigenvalue weighted by molar-refractivity contribution is -0.141. The number of rotatable bonds is 3. The summed E-state index contributed by atoms with van der Waals surface area (Å²) in [6, 6.07) is 3.72. The molecule has 23 heavy (non-hydrogen) atoms. The van der Waals surface area contributed by atoms with E-state index in [0.29, 0.717) is 43.5 Å². The second kappa shape index (κ2) is 7.64. The molecule has 0 bridgehead atoms. The van der Waals surface area contributed by atoms with E-state index in [2.05, 4.69) is 0 Å². The quantitative estimate of drug-likeness (QED) is 0.834. The van der Waals surface area contributed by atoms with Crippen LogP contribution in [0.15, 0.2) is 12.1 Å². The fourth-order valence-electron chi connectivity index (χ4n) is 3.07. The lowest BCUT2D eigenvalue weighted by atomic mass is 10.2. The van der Waals surface area contributed by atoms with Gasteiger partial charge >= 0.3 is 0 Å². The molecule has 2 fully saturated rings. The van der Waals surface area contributed by atoms with Crippen LogP contribution >= 0.6 is 22.9 Å². The van der Waals surface area contributed by atoms with Crippen LogP contribution in [0.2, 0.25) is 4.34 Å². The highest BCUT2D eigenvalue weighted by atomic mass is 35.5. The Morgan fingerprint density at radius 3 is 2.65 bits per heavy atom. The van der Waals surface area contributed by atoms with E-state index in [1.807, 2.05) is 21.9 Å². The molecule has 0 N–H and O–H groups in total. The van der Waals surface area contributed by atoms with Gasteiger partial charge in [-0.15, -0.1) is 11.3 Å². The van der Waals surface area contributed by atoms with Crippen molar-refractivity contribution in [1.29, 1.82) is 0 Å². The molecule has 2 saturated heterocycles. The van der Waals surface area contributed by atoms with E-state index in [9.17, 15) is 9.59 Å². The van der Waals surface area contributed by atoms with E-state index in [1.165, 1.54) is 11.3 Å². The van der Waals surface area contributed by atoms with Crippen LogP contribution in [-0.4, -0.2) is 60.5 Å². The number of halogens is 1. The number of nitrogens with zero attached hydrogens (tertiary/aromatic N) is 2. The maximum absolute atomic E-state index is 12.4. The molecule has 5 nitrogen and oxygen atoms in total. The predicted molar refractivity (Wildman–Crippen MR) is 89.8 cm³/mol. The van der Waals surface area contributed by atoms with Crippen LogP contribution in [0, 0.1) is 0 Å². The molecule has 0 saturated carbocycles. The lowest BCUT2D eigenvalue weighted by Gasteiger charge is -2.24. The summed E-state index contributed by atoms with van der Waals surface area (Å²) in [5, 5.41) is 0. The third-order valence-corrected chi connectivity index (χ3v) is 5.55. The predicted octanol–water partition coefficient (Wildman–Crippen LogP) is 2.18. The van der Waals surface area contributed by atoms with Crippen LogP contribution in [0.3, 0.4) is 0 Å². The van der Waals surface area contributed by atoms with E-state index in [0.717, 1.165) is 24.1 Å². The molecule has 1 aromatic rings. The molecule has 1 aromatic heterocycles. The van der Waals surface area contributed by atoms with Crippen molar-refractivity contribution in [3.8, 4) is 0 Å². The molecule has 0 radical (unpaired) electrons. The number of ether oxygens (including phenoxy) is 1. The third-order valence-electron chi connectivity index (χ3n) is 4.32. The van der Waals surface area contributed by atoms with E-state index in [1.54, 1.807) is 0 Å². The van der Waals surface area contributed by atoms with Gasteiger partial charge in [0, 0.05) is 37.7 Å². The van der Waals surface area contributed by atoms with Gasteiger partial charge in [0.05, 0.1) is 10.8 Å². The number of amides is 2. The Morgan fingerprint density at radius 2 is 1.96 bits per heavy atom. The van der Waals surface area contributed by atoms with Crippen molar-refractivity contribution in [3.05, 3.63) is 21.3 Å². The first-order chi connectivity index (χ1) is 11.1. The van der Waals surface area contributed by atoms with Crippen LogP contribution in [0.25, 0.3) is 0 Å². The number of hydrogen-bond donors (Lipinski definition) is 0. The van der Waals surface area contributed by atoms with Crippen LogP contribution in [0.1, 0.15) is 24.1 Å².